The van der Waals surface area contributed by atoms with Gasteiger partial charge in [-0.3, -0.25) is 10.4 Å². The van der Waals surface area contributed by atoms with Crippen molar-refractivity contribution >= 4 is 27.8 Å². The molecule has 0 aromatic carbocycles. The Balaban J connectivity index is 2.24. The molecule has 0 saturated carbocycles. The maximum absolute atomic E-state index is 12.5. The molecule has 0 aliphatic rings. The van der Waals surface area contributed by atoms with Gasteiger partial charge in [0.2, 0.25) is 10.9 Å². The summed E-state index contributed by atoms with van der Waals surface area (Å²) in [7, 11) is -1.71. The minimum Gasteiger partial charge on any atom is -0.496 e. The number of anilines is 1. The Bertz CT molecular complexity index is 964. The second-order valence-electron chi connectivity index (χ2n) is 5.24. The number of amides is 2. The number of urea groups is 1. The highest BCUT2D eigenvalue weighted by Crippen LogP contribution is 2.22. The van der Waals surface area contributed by atoms with E-state index in [0.29, 0.717) is 5.75 Å². The van der Waals surface area contributed by atoms with Crippen LogP contribution in [0.4, 0.5) is 10.6 Å². The van der Waals surface area contributed by atoms with E-state index < -0.39 is 27.0 Å². The van der Waals surface area contributed by atoms with Crippen LogP contribution in [0.5, 0.6) is 11.6 Å². The standard InChI is InChI=1S/C15H19N5O7S/c1-5-27-14(21)12-8(2)18-19-13(12)28(23,24)20-15(22)17-10-6-9(25-3)7-11(16-10)26-4/h6-7H,5H2,1-4H3,(H,18,19)(H2,16,17,20,22). The zero-order valence-corrected chi connectivity index (χ0v) is 16.3. The molecule has 0 bridgehead atoms. The summed E-state index contributed by atoms with van der Waals surface area (Å²) in [5, 5.41) is 7.57. The molecule has 0 unspecified atom stereocenters. The van der Waals surface area contributed by atoms with Gasteiger partial charge >= 0.3 is 12.0 Å². The normalized spacial score (nSPS) is 10.9. The molecule has 2 heterocycles. The number of rotatable bonds is 7. The Morgan fingerprint density at radius 2 is 1.93 bits per heavy atom. The summed E-state index contributed by atoms with van der Waals surface area (Å²) in [6.07, 6.45) is 0. The lowest BCUT2D eigenvalue weighted by molar-refractivity contribution is 0.0521. The third kappa shape index (κ3) is 4.68. The molecule has 0 aliphatic heterocycles. The van der Waals surface area contributed by atoms with E-state index in [1.165, 1.54) is 33.3 Å². The summed E-state index contributed by atoms with van der Waals surface area (Å²) >= 11 is 0. The highest BCUT2D eigenvalue weighted by Gasteiger charge is 2.30. The summed E-state index contributed by atoms with van der Waals surface area (Å²) in [5.74, 6) is -0.427. The summed E-state index contributed by atoms with van der Waals surface area (Å²) in [4.78, 5) is 28.1. The fourth-order valence-electron chi connectivity index (χ4n) is 2.12. The number of ether oxygens (including phenoxy) is 3. The van der Waals surface area contributed by atoms with E-state index in [1.54, 1.807) is 11.6 Å². The van der Waals surface area contributed by atoms with Gasteiger partial charge < -0.3 is 14.2 Å². The lowest BCUT2D eigenvalue weighted by atomic mass is 10.3. The largest absolute Gasteiger partial charge is 0.496 e. The van der Waals surface area contributed by atoms with E-state index in [-0.39, 0.29) is 29.6 Å². The number of nitrogens with zero attached hydrogens (tertiary/aromatic N) is 2. The predicted molar refractivity (Wildman–Crippen MR) is 96.0 cm³/mol. The maximum atomic E-state index is 12.5. The van der Waals surface area contributed by atoms with Crippen molar-refractivity contribution in [1.82, 2.24) is 19.9 Å². The fourth-order valence-corrected chi connectivity index (χ4v) is 3.19. The van der Waals surface area contributed by atoms with Gasteiger partial charge in [-0.2, -0.15) is 18.5 Å². The first-order valence-corrected chi connectivity index (χ1v) is 9.36. The van der Waals surface area contributed by atoms with Crippen molar-refractivity contribution in [3.8, 4) is 11.6 Å². The molecule has 0 fully saturated rings. The minimum atomic E-state index is -4.48. The van der Waals surface area contributed by atoms with Crippen molar-refractivity contribution in [1.29, 1.82) is 0 Å². The lowest BCUT2D eigenvalue weighted by Gasteiger charge is -2.10. The maximum Gasteiger partial charge on any atom is 0.343 e. The van der Waals surface area contributed by atoms with Crippen LogP contribution in [0.15, 0.2) is 17.2 Å². The van der Waals surface area contributed by atoms with Gasteiger partial charge in [-0.05, 0) is 13.8 Å². The molecular formula is C15H19N5O7S. The van der Waals surface area contributed by atoms with E-state index in [1.807, 2.05) is 0 Å². The molecule has 0 spiro atoms. The molecule has 2 rings (SSSR count). The number of esters is 1. The first kappa shape index (κ1) is 21.0. The average Bonchev–Trinajstić information content (AvgIpc) is 3.03. The van der Waals surface area contributed by atoms with Crippen LogP contribution in [0.3, 0.4) is 0 Å². The number of nitrogens with one attached hydrogen (secondary N) is 3. The van der Waals surface area contributed by atoms with Gasteiger partial charge in [0.05, 0.1) is 20.8 Å². The molecule has 152 valence electrons. The number of carbonyl (C=O) groups is 2. The van der Waals surface area contributed by atoms with Gasteiger partial charge in [0.1, 0.15) is 17.1 Å². The summed E-state index contributed by atoms with van der Waals surface area (Å²) in [6.45, 7) is 3.06. The number of aromatic nitrogens is 3. The lowest BCUT2D eigenvalue weighted by Crippen LogP contribution is -2.35. The molecule has 0 aliphatic carbocycles. The van der Waals surface area contributed by atoms with Crippen LogP contribution in [0, 0.1) is 6.92 Å². The van der Waals surface area contributed by atoms with E-state index in [4.69, 9.17) is 14.2 Å². The van der Waals surface area contributed by atoms with Crippen molar-refractivity contribution in [2.24, 2.45) is 0 Å². The number of H-pyrrole nitrogens is 1. The number of carbonyl (C=O) groups excluding carboxylic acids is 2. The van der Waals surface area contributed by atoms with Crippen molar-refractivity contribution in [3.05, 3.63) is 23.4 Å². The van der Waals surface area contributed by atoms with Gasteiger partial charge in [-0.15, -0.1) is 0 Å². The van der Waals surface area contributed by atoms with E-state index >= 15 is 0 Å². The first-order valence-electron chi connectivity index (χ1n) is 7.87. The Morgan fingerprint density at radius 1 is 1.21 bits per heavy atom. The molecule has 28 heavy (non-hydrogen) atoms. The van der Waals surface area contributed by atoms with Gasteiger partial charge in [-0.1, -0.05) is 0 Å². The first-order chi connectivity index (χ1) is 13.2. The molecule has 2 amide bonds. The third-order valence-corrected chi connectivity index (χ3v) is 4.60. The van der Waals surface area contributed by atoms with Crippen LogP contribution in [-0.4, -0.2) is 56.4 Å². The molecule has 12 nitrogen and oxygen atoms in total. The molecule has 0 radical (unpaired) electrons. The van der Waals surface area contributed by atoms with Crippen LogP contribution >= 0.6 is 0 Å². The fraction of sp³-hybridized carbons (Fsp3) is 0.333. The second kappa shape index (κ2) is 8.56. The molecule has 0 saturated heterocycles. The highest BCUT2D eigenvalue weighted by atomic mass is 32.2. The topological polar surface area (TPSA) is 162 Å². The van der Waals surface area contributed by atoms with Gasteiger partial charge in [0, 0.05) is 17.8 Å². The number of pyridine rings is 1. The van der Waals surface area contributed by atoms with Crippen LogP contribution in [0.2, 0.25) is 0 Å². The summed E-state index contributed by atoms with van der Waals surface area (Å²) < 4.78 is 41.6. The summed E-state index contributed by atoms with van der Waals surface area (Å²) in [6, 6.07) is 1.70. The van der Waals surface area contributed by atoms with Gasteiger partial charge in [0.25, 0.3) is 10.0 Å². The quantitative estimate of drug-likeness (QED) is 0.558. The van der Waals surface area contributed by atoms with Crippen molar-refractivity contribution < 1.29 is 32.2 Å². The molecule has 13 heteroatoms. The van der Waals surface area contributed by atoms with Crippen LogP contribution in [0.1, 0.15) is 23.0 Å². The number of sulfonamides is 1. The molecular weight excluding hydrogens is 394 g/mol. The van der Waals surface area contributed by atoms with E-state index in [2.05, 4.69) is 20.5 Å². The smallest absolute Gasteiger partial charge is 0.343 e. The minimum absolute atomic E-state index is 0.0206. The predicted octanol–water partition coefficient (Wildman–Crippen LogP) is 0.817. The Kier molecular flexibility index (Phi) is 6.41. The van der Waals surface area contributed by atoms with E-state index in [0.717, 1.165) is 0 Å². The zero-order chi connectivity index (χ0) is 20.9. The van der Waals surface area contributed by atoms with Crippen molar-refractivity contribution in [2.45, 2.75) is 18.9 Å². The average molecular weight is 413 g/mol. The van der Waals surface area contributed by atoms with Crippen LogP contribution in [-0.2, 0) is 14.8 Å². The third-order valence-electron chi connectivity index (χ3n) is 3.34. The molecule has 2 aromatic heterocycles. The highest BCUT2D eigenvalue weighted by molar-refractivity contribution is 7.90. The number of hydrogen-bond donors (Lipinski definition) is 3. The molecule has 2 aromatic rings. The number of aryl methyl sites for hydroxylation is 1. The monoisotopic (exact) mass is 413 g/mol. The summed E-state index contributed by atoms with van der Waals surface area (Å²) in [5.41, 5.74) is -0.109. The Labute approximate surface area is 160 Å². The van der Waals surface area contributed by atoms with Gasteiger partial charge in [0.15, 0.2) is 0 Å². The Morgan fingerprint density at radius 3 is 2.54 bits per heavy atom. The SMILES string of the molecule is CCOC(=O)c1c(S(=O)(=O)NC(=O)Nc2cc(OC)cc(OC)n2)n[nH]c1C. The molecule has 3 N–H and O–H groups in total. The zero-order valence-electron chi connectivity index (χ0n) is 15.5. The van der Waals surface area contributed by atoms with Gasteiger partial charge in [-0.25, -0.2) is 14.3 Å². The molecule has 0 atom stereocenters. The Hall–Kier alpha value is -3.35. The van der Waals surface area contributed by atoms with Crippen LogP contribution in [0.25, 0.3) is 0 Å². The van der Waals surface area contributed by atoms with Crippen molar-refractivity contribution in [3.63, 3.8) is 0 Å². The van der Waals surface area contributed by atoms with E-state index in [9.17, 15) is 18.0 Å². The number of aromatic amines is 1. The van der Waals surface area contributed by atoms with Crippen LogP contribution < -0.4 is 19.5 Å². The number of hydrogen-bond acceptors (Lipinski definition) is 9. The second-order valence-corrected chi connectivity index (χ2v) is 6.84. The van der Waals surface area contributed by atoms with Crippen molar-refractivity contribution in [2.75, 3.05) is 26.1 Å². The number of methoxy groups -OCH3 is 2.